The monoisotopic (exact) mass is 172 g/mol. The molecule has 0 fully saturated rings. The molecule has 68 valence electrons. The number of hydrogen-bond acceptors (Lipinski definition) is 5. The number of rotatable bonds is 4. The van der Waals surface area contributed by atoms with Gasteiger partial charge in [0.2, 0.25) is 0 Å². The molecule has 1 rings (SSSR count). The molecule has 1 heterocycles. The molecule has 1 unspecified atom stereocenters. The van der Waals surface area contributed by atoms with E-state index in [1.54, 1.807) is 13.1 Å². The van der Waals surface area contributed by atoms with Gasteiger partial charge in [-0.1, -0.05) is 0 Å². The Morgan fingerprint density at radius 2 is 2.58 bits per heavy atom. The number of methoxy groups -OCH3 is 1. The summed E-state index contributed by atoms with van der Waals surface area (Å²) in [5, 5.41) is 15.7. The largest absolute Gasteiger partial charge is 0.479 e. The Labute approximate surface area is 70.3 Å². The molecule has 0 saturated carbocycles. The third-order valence-corrected chi connectivity index (χ3v) is 1.44. The van der Waals surface area contributed by atoms with Crippen molar-refractivity contribution in [3.8, 4) is 5.88 Å². The van der Waals surface area contributed by atoms with Gasteiger partial charge in [0.1, 0.15) is 6.10 Å². The van der Waals surface area contributed by atoms with Crippen molar-refractivity contribution in [3.05, 3.63) is 11.8 Å². The molecular weight excluding hydrogens is 160 g/mol. The van der Waals surface area contributed by atoms with E-state index < -0.39 is 6.10 Å². The number of nitrogens with zero attached hydrogens (tertiary/aromatic N) is 1. The molecule has 1 aromatic rings. The fourth-order valence-corrected chi connectivity index (χ4v) is 0.819. The topological polar surface area (TPSA) is 67.5 Å². The molecule has 0 spiro atoms. The lowest BCUT2D eigenvalue weighted by atomic mass is 10.3. The summed E-state index contributed by atoms with van der Waals surface area (Å²) in [6, 6.07) is 1.56. The van der Waals surface area contributed by atoms with Gasteiger partial charge in [-0.2, -0.15) is 0 Å². The van der Waals surface area contributed by atoms with E-state index in [0.29, 0.717) is 18.2 Å². The third kappa shape index (κ3) is 1.96. The van der Waals surface area contributed by atoms with Crippen molar-refractivity contribution in [3.63, 3.8) is 0 Å². The second-order valence-electron chi connectivity index (χ2n) is 2.35. The fourth-order valence-electron chi connectivity index (χ4n) is 0.819. The average molecular weight is 172 g/mol. The number of hydrogen-bond donors (Lipinski definition) is 2. The zero-order chi connectivity index (χ0) is 8.97. The maximum Gasteiger partial charge on any atom is 0.254 e. The van der Waals surface area contributed by atoms with Gasteiger partial charge in [0.25, 0.3) is 5.88 Å². The maximum absolute atomic E-state index is 9.38. The Kier molecular flexibility index (Phi) is 3.07. The number of aliphatic hydroxyl groups is 1. The Morgan fingerprint density at radius 3 is 3.08 bits per heavy atom. The zero-order valence-corrected chi connectivity index (χ0v) is 7.07. The first-order chi connectivity index (χ1) is 5.77. The smallest absolute Gasteiger partial charge is 0.254 e. The second-order valence-corrected chi connectivity index (χ2v) is 2.35. The van der Waals surface area contributed by atoms with Gasteiger partial charge in [-0.15, -0.1) is 0 Å². The Morgan fingerprint density at radius 1 is 1.83 bits per heavy atom. The lowest BCUT2D eigenvalue weighted by Crippen LogP contribution is -2.16. The minimum atomic E-state index is -0.675. The van der Waals surface area contributed by atoms with Gasteiger partial charge in [-0.3, -0.25) is 0 Å². The van der Waals surface area contributed by atoms with Crippen LogP contribution < -0.4 is 10.1 Å². The SMILES string of the molecule is CNCC(O)c1cc(OC)no1. The van der Waals surface area contributed by atoms with Gasteiger partial charge in [0, 0.05) is 12.6 Å². The van der Waals surface area contributed by atoms with Crippen LogP contribution in [-0.4, -0.2) is 31.0 Å². The first-order valence-electron chi connectivity index (χ1n) is 3.61. The van der Waals surface area contributed by atoms with Crippen LogP contribution in [0.4, 0.5) is 0 Å². The van der Waals surface area contributed by atoms with E-state index in [1.165, 1.54) is 7.11 Å². The molecule has 5 nitrogen and oxygen atoms in total. The molecule has 0 bridgehead atoms. The van der Waals surface area contributed by atoms with Crippen LogP contribution in [0.3, 0.4) is 0 Å². The van der Waals surface area contributed by atoms with E-state index in [4.69, 9.17) is 9.26 Å². The van der Waals surface area contributed by atoms with Gasteiger partial charge >= 0.3 is 0 Å². The second kappa shape index (κ2) is 4.08. The van der Waals surface area contributed by atoms with Crippen molar-refractivity contribution >= 4 is 0 Å². The predicted octanol–water partition coefficient (Wildman–Crippen LogP) is -0.0640. The first kappa shape index (κ1) is 9.02. The Balaban J connectivity index is 2.61. The molecule has 0 aliphatic rings. The highest BCUT2D eigenvalue weighted by Crippen LogP contribution is 2.17. The van der Waals surface area contributed by atoms with Crippen molar-refractivity contribution in [2.45, 2.75) is 6.10 Å². The lowest BCUT2D eigenvalue weighted by Gasteiger charge is -2.03. The van der Waals surface area contributed by atoms with Crippen LogP contribution in [0, 0.1) is 0 Å². The molecule has 12 heavy (non-hydrogen) atoms. The maximum atomic E-state index is 9.38. The summed E-state index contributed by atoms with van der Waals surface area (Å²) < 4.78 is 9.59. The quantitative estimate of drug-likeness (QED) is 0.665. The van der Waals surface area contributed by atoms with Crippen LogP contribution in [0.25, 0.3) is 0 Å². The molecular formula is C7H12N2O3. The number of aliphatic hydroxyl groups excluding tert-OH is 1. The van der Waals surface area contributed by atoms with E-state index in [0.717, 1.165) is 0 Å². The molecule has 1 atom stereocenters. The lowest BCUT2D eigenvalue weighted by molar-refractivity contribution is 0.139. The van der Waals surface area contributed by atoms with E-state index in [1.807, 2.05) is 0 Å². The summed E-state index contributed by atoms with van der Waals surface area (Å²) >= 11 is 0. The standard InChI is InChI=1S/C7H12N2O3/c1-8-4-5(10)6-3-7(11-2)9-12-6/h3,5,8,10H,4H2,1-2H3. The summed E-state index contributed by atoms with van der Waals surface area (Å²) in [5.74, 6) is 0.779. The summed E-state index contributed by atoms with van der Waals surface area (Å²) in [4.78, 5) is 0. The van der Waals surface area contributed by atoms with Gasteiger partial charge in [-0.25, -0.2) is 0 Å². The van der Waals surface area contributed by atoms with E-state index in [9.17, 15) is 5.11 Å². The van der Waals surface area contributed by atoms with Crippen molar-refractivity contribution in [1.29, 1.82) is 0 Å². The van der Waals surface area contributed by atoms with E-state index in [-0.39, 0.29) is 0 Å². The Hall–Kier alpha value is -1.07. The molecule has 0 aromatic carbocycles. The summed E-state index contributed by atoms with van der Waals surface area (Å²) in [6.07, 6.45) is -0.675. The zero-order valence-electron chi connectivity index (χ0n) is 7.07. The number of aromatic nitrogens is 1. The number of likely N-dealkylation sites (N-methyl/N-ethyl adjacent to an activating group) is 1. The normalized spacial score (nSPS) is 12.9. The van der Waals surface area contributed by atoms with Crippen molar-refractivity contribution in [2.75, 3.05) is 20.7 Å². The van der Waals surface area contributed by atoms with Gasteiger partial charge in [0.15, 0.2) is 5.76 Å². The highest BCUT2D eigenvalue weighted by molar-refractivity contribution is 5.12. The molecule has 2 N–H and O–H groups in total. The van der Waals surface area contributed by atoms with Crippen LogP contribution in [-0.2, 0) is 0 Å². The van der Waals surface area contributed by atoms with Crippen molar-refractivity contribution in [1.82, 2.24) is 10.5 Å². The molecule has 5 heteroatoms. The van der Waals surface area contributed by atoms with Gasteiger partial charge in [0.05, 0.1) is 7.11 Å². The highest BCUT2D eigenvalue weighted by atomic mass is 16.5. The number of nitrogens with one attached hydrogen (secondary N) is 1. The van der Waals surface area contributed by atoms with Crippen LogP contribution in [0.5, 0.6) is 5.88 Å². The molecule has 0 radical (unpaired) electrons. The Bertz CT molecular complexity index is 236. The first-order valence-corrected chi connectivity index (χ1v) is 3.61. The predicted molar refractivity (Wildman–Crippen MR) is 41.9 cm³/mol. The van der Waals surface area contributed by atoms with Crippen molar-refractivity contribution in [2.24, 2.45) is 0 Å². The minimum Gasteiger partial charge on any atom is -0.479 e. The molecule has 0 aliphatic heterocycles. The fraction of sp³-hybridized carbons (Fsp3) is 0.571. The van der Waals surface area contributed by atoms with Gasteiger partial charge in [-0.05, 0) is 12.2 Å². The molecule has 0 amide bonds. The summed E-state index contributed by atoms with van der Waals surface area (Å²) in [5.41, 5.74) is 0. The molecule has 1 aromatic heterocycles. The minimum absolute atomic E-state index is 0.375. The van der Waals surface area contributed by atoms with Crippen LogP contribution >= 0.6 is 0 Å². The van der Waals surface area contributed by atoms with Crippen LogP contribution in [0.15, 0.2) is 10.6 Å². The highest BCUT2D eigenvalue weighted by Gasteiger charge is 2.12. The summed E-state index contributed by atoms with van der Waals surface area (Å²) in [6.45, 7) is 0.429. The number of ether oxygens (including phenoxy) is 1. The van der Waals surface area contributed by atoms with E-state index >= 15 is 0 Å². The molecule has 0 saturated heterocycles. The average Bonchev–Trinajstić information content (AvgIpc) is 2.52. The van der Waals surface area contributed by atoms with Crippen LogP contribution in [0.2, 0.25) is 0 Å². The third-order valence-electron chi connectivity index (χ3n) is 1.44. The summed E-state index contributed by atoms with van der Waals surface area (Å²) in [7, 11) is 3.24. The van der Waals surface area contributed by atoms with Crippen LogP contribution in [0.1, 0.15) is 11.9 Å². The van der Waals surface area contributed by atoms with Crippen molar-refractivity contribution < 1.29 is 14.4 Å². The van der Waals surface area contributed by atoms with Gasteiger partial charge < -0.3 is 19.7 Å². The molecule has 0 aliphatic carbocycles. The van der Waals surface area contributed by atoms with E-state index in [2.05, 4.69) is 10.5 Å².